The normalized spacial score (nSPS) is 18.5. The summed E-state index contributed by atoms with van der Waals surface area (Å²) in [5.74, 6) is 3.03. The molecular weight excluding hydrogens is 416 g/mol. The zero-order valence-corrected chi connectivity index (χ0v) is 17.6. The number of nitrogens with zero attached hydrogens (tertiary/aromatic N) is 5. The summed E-state index contributed by atoms with van der Waals surface area (Å²) in [4.78, 5) is 31.9. The molecular formula is C23H19F2N5O2. The number of carbonyl (C=O) groups is 2. The van der Waals surface area contributed by atoms with Gasteiger partial charge in [0.05, 0.1) is 6.42 Å². The summed E-state index contributed by atoms with van der Waals surface area (Å²) in [5.41, 5.74) is -1.08. The van der Waals surface area contributed by atoms with Gasteiger partial charge in [0.15, 0.2) is 17.5 Å². The van der Waals surface area contributed by atoms with Crippen molar-refractivity contribution in [1.82, 2.24) is 19.7 Å². The summed E-state index contributed by atoms with van der Waals surface area (Å²) in [6, 6.07) is 10.1. The van der Waals surface area contributed by atoms with E-state index in [1.165, 1.54) is 23.0 Å². The predicted molar refractivity (Wildman–Crippen MR) is 112 cm³/mol. The highest BCUT2D eigenvalue weighted by molar-refractivity contribution is 6.16. The molecule has 0 radical (unpaired) electrons. The molecule has 0 bridgehead atoms. The van der Waals surface area contributed by atoms with Crippen molar-refractivity contribution in [3.05, 3.63) is 77.4 Å². The maximum Gasteiger partial charge on any atom is 0.332 e. The Kier molecular flexibility index (Phi) is 5.22. The van der Waals surface area contributed by atoms with Crippen molar-refractivity contribution in [2.45, 2.75) is 18.9 Å². The zero-order chi connectivity index (χ0) is 23.0. The van der Waals surface area contributed by atoms with Crippen LogP contribution in [-0.2, 0) is 17.4 Å². The second-order valence-electron chi connectivity index (χ2n) is 7.63. The van der Waals surface area contributed by atoms with Crippen molar-refractivity contribution >= 4 is 17.6 Å². The minimum atomic E-state index is -1.12. The van der Waals surface area contributed by atoms with Gasteiger partial charge in [0, 0.05) is 25.2 Å². The van der Waals surface area contributed by atoms with Crippen molar-refractivity contribution in [3.8, 4) is 11.8 Å². The van der Waals surface area contributed by atoms with E-state index >= 15 is 0 Å². The molecule has 1 aromatic heterocycles. The average molecular weight is 435 g/mol. The Morgan fingerprint density at radius 2 is 1.62 bits per heavy atom. The van der Waals surface area contributed by atoms with Gasteiger partial charge in [-0.05, 0) is 31.2 Å². The largest absolute Gasteiger partial charge is 0.332 e. The van der Waals surface area contributed by atoms with E-state index in [0.717, 1.165) is 12.1 Å². The Morgan fingerprint density at radius 3 is 2.22 bits per heavy atom. The van der Waals surface area contributed by atoms with Crippen LogP contribution in [0.2, 0.25) is 0 Å². The standard InChI is InChI=1S/C23H19F2N5O2/c1-23(21-26-14-27-29(21)3)13-19(31)30(22(32)28(23)2)20-17(24)11-16(12-18(20)25)10-9-15-7-5-4-6-8-15/h4-8,11-12,14H,13H2,1-3H3/t23-/m0/s1. The first-order valence-corrected chi connectivity index (χ1v) is 9.73. The van der Waals surface area contributed by atoms with E-state index in [2.05, 4.69) is 21.9 Å². The first-order chi connectivity index (χ1) is 15.2. The molecule has 0 aliphatic carbocycles. The van der Waals surface area contributed by atoms with Crippen LogP contribution in [0.3, 0.4) is 0 Å². The van der Waals surface area contributed by atoms with E-state index in [-0.39, 0.29) is 12.0 Å². The maximum absolute atomic E-state index is 14.9. The highest BCUT2D eigenvalue weighted by Gasteiger charge is 2.49. The molecule has 0 spiro atoms. The second kappa shape index (κ2) is 7.89. The molecule has 1 fully saturated rings. The van der Waals surface area contributed by atoms with Gasteiger partial charge in [-0.15, -0.1) is 0 Å². The summed E-state index contributed by atoms with van der Waals surface area (Å²) >= 11 is 0. The Labute approximate surface area is 183 Å². The van der Waals surface area contributed by atoms with Gasteiger partial charge in [-0.2, -0.15) is 5.10 Å². The van der Waals surface area contributed by atoms with Gasteiger partial charge in [-0.25, -0.2) is 23.5 Å². The van der Waals surface area contributed by atoms with Crippen molar-refractivity contribution in [3.63, 3.8) is 0 Å². The fourth-order valence-corrected chi connectivity index (χ4v) is 3.71. The van der Waals surface area contributed by atoms with E-state index < -0.39 is 34.8 Å². The predicted octanol–water partition coefficient (Wildman–Crippen LogP) is 3.20. The number of urea groups is 1. The van der Waals surface area contributed by atoms with Crippen LogP contribution in [0.1, 0.15) is 30.3 Å². The zero-order valence-electron chi connectivity index (χ0n) is 17.6. The number of hydrogen-bond donors (Lipinski definition) is 0. The number of hydrogen-bond acceptors (Lipinski definition) is 4. The van der Waals surface area contributed by atoms with Gasteiger partial charge in [-0.1, -0.05) is 30.0 Å². The van der Waals surface area contributed by atoms with Gasteiger partial charge < -0.3 is 4.90 Å². The number of amides is 3. The van der Waals surface area contributed by atoms with E-state index in [4.69, 9.17) is 0 Å². The third-order valence-corrected chi connectivity index (χ3v) is 5.52. The summed E-state index contributed by atoms with van der Waals surface area (Å²) in [7, 11) is 3.09. The van der Waals surface area contributed by atoms with E-state index in [1.54, 1.807) is 38.2 Å². The molecule has 0 unspecified atom stereocenters. The number of aryl methyl sites for hydroxylation is 1. The molecule has 1 atom stereocenters. The Morgan fingerprint density at radius 1 is 1.00 bits per heavy atom. The van der Waals surface area contributed by atoms with Crippen LogP contribution in [0.25, 0.3) is 0 Å². The highest BCUT2D eigenvalue weighted by Crippen LogP contribution is 2.38. The van der Waals surface area contributed by atoms with Crippen LogP contribution in [0.5, 0.6) is 0 Å². The topological polar surface area (TPSA) is 71.3 Å². The third kappa shape index (κ3) is 3.50. The summed E-state index contributed by atoms with van der Waals surface area (Å²) in [6.45, 7) is 1.65. The summed E-state index contributed by atoms with van der Waals surface area (Å²) < 4.78 is 31.3. The van der Waals surface area contributed by atoms with Crippen molar-refractivity contribution in [2.75, 3.05) is 11.9 Å². The van der Waals surface area contributed by atoms with Crippen LogP contribution >= 0.6 is 0 Å². The van der Waals surface area contributed by atoms with Gasteiger partial charge in [0.1, 0.15) is 17.6 Å². The van der Waals surface area contributed by atoms with E-state index in [9.17, 15) is 18.4 Å². The highest BCUT2D eigenvalue weighted by atomic mass is 19.1. The van der Waals surface area contributed by atoms with Gasteiger partial charge >= 0.3 is 6.03 Å². The number of anilines is 1. The molecule has 9 heteroatoms. The van der Waals surface area contributed by atoms with Gasteiger partial charge in [0.2, 0.25) is 5.91 Å². The molecule has 2 aromatic carbocycles. The Bertz CT molecular complexity index is 1260. The van der Waals surface area contributed by atoms with Crippen molar-refractivity contribution in [2.24, 2.45) is 7.05 Å². The molecule has 1 aliphatic heterocycles. The van der Waals surface area contributed by atoms with Crippen LogP contribution in [-0.4, -0.2) is 38.7 Å². The molecule has 1 saturated heterocycles. The molecule has 0 saturated carbocycles. The van der Waals surface area contributed by atoms with Gasteiger partial charge in [-0.3, -0.25) is 9.48 Å². The molecule has 1 aliphatic rings. The maximum atomic E-state index is 14.9. The van der Waals surface area contributed by atoms with Crippen molar-refractivity contribution < 1.29 is 18.4 Å². The van der Waals surface area contributed by atoms with Crippen LogP contribution in [0.4, 0.5) is 19.3 Å². The van der Waals surface area contributed by atoms with E-state index in [1.807, 2.05) is 6.07 Å². The molecule has 32 heavy (non-hydrogen) atoms. The number of carbonyl (C=O) groups excluding carboxylic acids is 2. The minimum absolute atomic E-state index is 0.0850. The third-order valence-electron chi connectivity index (χ3n) is 5.52. The summed E-state index contributed by atoms with van der Waals surface area (Å²) in [6.07, 6.45) is 1.08. The fourth-order valence-electron chi connectivity index (χ4n) is 3.71. The average Bonchev–Trinajstić information content (AvgIpc) is 3.20. The molecule has 0 N–H and O–H groups in total. The smallest absolute Gasteiger partial charge is 0.314 e. The lowest BCUT2D eigenvalue weighted by molar-refractivity contribution is -0.122. The number of benzene rings is 2. The molecule has 2 heterocycles. The number of imide groups is 1. The first-order valence-electron chi connectivity index (χ1n) is 9.73. The fraction of sp³-hybridized carbons (Fsp3) is 0.217. The van der Waals surface area contributed by atoms with Crippen LogP contribution < -0.4 is 4.90 Å². The number of halogens is 2. The quantitative estimate of drug-likeness (QED) is 0.580. The lowest BCUT2D eigenvalue weighted by Gasteiger charge is -2.44. The molecule has 3 aromatic rings. The first kappa shape index (κ1) is 21.2. The van der Waals surface area contributed by atoms with Crippen LogP contribution in [0, 0.1) is 23.5 Å². The van der Waals surface area contributed by atoms with Crippen LogP contribution in [0.15, 0.2) is 48.8 Å². The van der Waals surface area contributed by atoms with Crippen molar-refractivity contribution in [1.29, 1.82) is 0 Å². The summed E-state index contributed by atoms with van der Waals surface area (Å²) in [5, 5.41) is 3.99. The lowest BCUT2D eigenvalue weighted by atomic mass is 9.91. The lowest BCUT2D eigenvalue weighted by Crippen LogP contribution is -2.61. The van der Waals surface area contributed by atoms with Gasteiger partial charge in [0.25, 0.3) is 0 Å². The number of rotatable bonds is 2. The minimum Gasteiger partial charge on any atom is -0.314 e. The monoisotopic (exact) mass is 435 g/mol. The molecule has 7 nitrogen and oxygen atoms in total. The Hall–Kier alpha value is -4.06. The second-order valence-corrected chi connectivity index (χ2v) is 7.63. The Balaban J connectivity index is 1.69. The van der Waals surface area contributed by atoms with E-state index in [0.29, 0.717) is 16.3 Å². The molecule has 4 rings (SSSR count). The number of aromatic nitrogens is 3. The molecule has 162 valence electrons. The molecule has 3 amide bonds. The SMILES string of the molecule is CN1C(=O)N(c2c(F)cc(C#Cc3ccccc3)cc2F)C(=O)C[C@@]1(C)c1ncnn1C.